The zero-order valence-corrected chi connectivity index (χ0v) is 13.5. The Bertz CT molecular complexity index is 749. The summed E-state index contributed by atoms with van der Waals surface area (Å²) >= 11 is 1.61. The molecule has 0 spiro atoms. The van der Waals surface area contributed by atoms with E-state index in [-0.39, 0.29) is 0 Å². The number of thiazole rings is 1. The van der Waals surface area contributed by atoms with Crippen LogP contribution < -0.4 is 10.6 Å². The van der Waals surface area contributed by atoms with E-state index in [0.29, 0.717) is 32.7 Å². The van der Waals surface area contributed by atoms with Crippen molar-refractivity contribution in [1.29, 1.82) is 0 Å². The van der Waals surface area contributed by atoms with Gasteiger partial charge in [-0.1, -0.05) is 0 Å². The van der Waals surface area contributed by atoms with Gasteiger partial charge in [-0.05, 0) is 18.2 Å². The van der Waals surface area contributed by atoms with Gasteiger partial charge >= 0.3 is 0 Å². The number of sulfonamides is 1. The number of piperazine rings is 1. The maximum Gasteiger partial charge on any atom is 0.211 e. The van der Waals surface area contributed by atoms with Gasteiger partial charge in [-0.25, -0.2) is 13.4 Å². The van der Waals surface area contributed by atoms with Crippen LogP contribution in [0.25, 0.3) is 10.2 Å². The fourth-order valence-corrected chi connectivity index (χ4v) is 4.23. The Kier molecular flexibility index (Phi) is 3.87. The minimum atomic E-state index is -3.08. The molecule has 1 saturated heterocycles. The Morgan fingerprint density at radius 3 is 2.62 bits per heavy atom. The molecule has 0 radical (unpaired) electrons. The van der Waals surface area contributed by atoms with Gasteiger partial charge in [0, 0.05) is 38.4 Å². The summed E-state index contributed by atoms with van der Waals surface area (Å²) in [5, 5.41) is 0.934. The second-order valence-electron chi connectivity index (χ2n) is 5.11. The normalized spacial score (nSPS) is 17.5. The summed E-state index contributed by atoms with van der Waals surface area (Å²) in [6.45, 7) is 2.95. The van der Waals surface area contributed by atoms with Crippen LogP contribution in [0, 0.1) is 0 Å². The van der Waals surface area contributed by atoms with Crippen molar-refractivity contribution < 1.29 is 8.42 Å². The van der Waals surface area contributed by atoms with E-state index < -0.39 is 10.0 Å². The molecule has 2 N–H and O–H groups in total. The first-order valence-corrected chi connectivity index (χ1v) is 9.43. The molecule has 2 aromatic rings. The predicted molar refractivity (Wildman–Crippen MR) is 86.1 cm³/mol. The maximum absolute atomic E-state index is 11.5. The van der Waals surface area contributed by atoms with E-state index in [1.165, 1.54) is 10.6 Å². The Labute approximate surface area is 128 Å². The van der Waals surface area contributed by atoms with E-state index in [0.717, 1.165) is 20.9 Å². The maximum atomic E-state index is 11.5. The van der Waals surface area contributed by atoms with Crippen molar-refractivity contribution in [2.24, 2.45) is 5.73 Å². The van der Waals surface area contributed by atoms with Crippen LogP contribution in [-0.4, -0.2) is 50.1 Å². The summed E-state index contributed by atoms with van der Waals surface area (Å²) in [5.74, 6) is 0. The van der Waals surface area contributed by atoms with E-state index in [4.69, 9.17) is 5.73 Å². The van der Waals surface area contributed by atoms with Crippen molar-refractivity contribution in [3.05, 3.63) is 23.2 Å². The van der Waals surface area contributed by atoms with Crippen LogP contribution in [0.1, 0.15) is 5.01 Å². The number of rotatable bonds is 3. The van der Waals surface area contributed by atoms with Gasteiger partial charge in [0.15, 0.2) is 0 Å². The van der Waals surface area contributed by atoms with Crippen molar-refractivity contribution in [2.45, 2.75) is 6.54 Å². The second kappa shape index (κ2) is 5.53. The zero-order chi connectivity index (χ0) is 15.0. The van der Waals surface area contributed by atoms with Crippen molar-refractivity contribution in [3.63, 3.8) is 0 Å². The molecule has 2 heterocycles. The minimum absolute atomic E-state index is 0.460. The lowest BCUT2D eigenvalue weighted by molar-refractivity contribution is 0.388. The highest BCUT2D eigenvalue weighted by molar-refractivity contribution is 7.88. The molecule has 1 aliphatic heterocycles. The van der Waals surface area contributed by atoms with E-state index in [2.05, 4.69) is 16.0 Å². The van der Waals surface area contributed by atoms with Gasteiger partial charge in [0.05, 0.1) is 16.5 Å². The lowest BCUT2D eigenvalue weighted by Crippen LogP contribution is -2.48. The van der Waals surface area contributed by atoms with E-state index >= 15 is 0 Å². The molecule has 114 valence electrons. The van der Waals surface area contributed by atoms with Gasteiger partial charge in [0.1, 0.15) is 5.01 Å². The number of fused-ring (bicyclic) bond motifs is 1. The number of nitrogens with two attached hydrogens (primary N) is 1. The summed E-state index contributed by atoms with van der Waals surface area (Å²) in [5.41, 5.74) is 7.71. The fraction of sp³-hybridized carbons (Fsp3) is 0.462. The van der Waals surface area contributed by atoms with E-state index in [1.54, 1.807) is 11.3 Å². The molecule has 8 heteroatoms. The molecule has 0 atom stereocenters. The van der Waals surface area contributed by atoms with Gasteiger partial charge in [-0.3, -0.25) is 0 Å². The SMILES string of the molecule is CS(=O)(=O)N1CCN(c2ccc3nc(CN)sc3c2)CC1. The topological polar surface area (TPSA) is 79.5 Å². The molecule has 6 nitrogen and oxygen atoms in total. The number of anilines is 1. The lowest BCUT2D eigenvalue weighted by Gasteiger charge is -2.34. The Hall–Kier alpha value is -1.22. The molecule has 1 fully saturated rings. The third-order valence-electron chi connectivity index (χ3n) is 3.66. The average molecular weight is 326 g/mol. The number of hydrogen-bond donors (Lipinski definition) is 1. The monoisotopic (exact) mass is 326 g/mol. The molecule has 1 aromatic carbocycles. The minimum Gasteiger partial charge on any atom is -0.369 e. The van der Waals surface area contributed by atoms with Gasteiger partial charge in [0.25, 0.3) is 0 Å². The van der Waals surface area contributed by atoms with Crippen LogP contribution in [-0.2, 0) is 16.6 Å². The van der Waals surface area contributed by atoms with Crippen molar-refractivity contribution in [3.8, 4) is 0 Å². The molecular formula is C13H18N4O2S2. The molecule has 0 bridgehead atoms. The smallest absolute Gasteiger partial charge is 0.211 e. The third kappa shape index (κ3) is 3.03. The van der Waals surface area contributed by atoms with Gasteiger partial charge in [0.2, 0.25) is 10.0 Å². The number of benzene rings is 1. The average Bonchev–Trinajstić information content (AvgIpc) is 2.88. The summed E-state index contributed by atoms with van der Waals surface area (Å²) in [6.07, 6.45) is 1.26. The molecule has 0 unspecified atom stereocenters. The molecule has 1 aliphatic rings. The fourth-order valence-electron chi connectivity index (χ4n) is 2.52. The number of nitrogens with zero attached hydrogens (tertiary/aromatic N) is 3. The van der Waals surface area contributed by atoms with Crippen LogP contribution in [0.15, 0.2) is 18.2 Å². The summed E-state index contributed by atoms with van der Waals surface area (Å²) in [7, 11) is -3.08. The number of aromatic nitrogens is 1. The highest BCUT2D eigenvalue weighted by Gasteiger charge is 2.23. The quantitative estimate of drug-likeness (QED) is 0.904. The first-order chi connectivity index (χ1) is 9.97. The predicted octanol–water partition coefficient (Wildman–Crippen LogP) is 0.837. The highest BCUT2D eigenvalue weighted by atomic mass is 32.2. The molecule has 0 amide bonds. The van der Waals surface area contributed by atoms with E-state index in [1.807, 2.05) is 12.1 Å². The third-order valence-corrected chi connectivity index (χ3v) is 6.01. The molecule has 21 heavy (non-hydrogen) atoms. The van der Waals surface area contributed by atoms with Gasteiger partial charge in [-0.15, -0.1) is 11.3 Å². The van der Waals surface area contributed by atoms with Gasteiger partial charge < -0.3 is 10.6 Å². The van der Waals surface area contributed by atoms with E-state index in [9.17, 15) is 8.42 Å². The molecular weight excluding hydrogens is 308 g/mol. The molecule has 1 aromatic heterocycles. The standard InChI is InChI=1S/C13H18N4O2S2/c1-21(18,19)17-6-4-16(5-7-17)10-2-3-11-12(8-10)20-13(9-14)15-11/h2-3,8H,4-7,9,14H2,1H3. The summed E-state index contributed by atoms with van der Waals surface area (Å²) in [6, 6.07) is 6.16. The zero-order valence-electron chi connectivity index (χ0n) is 11.8. The highest BCUT2D eigenvalue weighted by Crippen LogP contribution is 2.27. The van der Waals surface area contributed by atoms with Crippen LogP contribution >= 0.6 is 11.3 Å². The van der Waals surface area contributed by atoms with Crippen LogP contribution in [0.2, 0.25) is 0 Å². The first kappa shape index (κ1) is 14.7. The molecule has 0 saturated carbocycles. The summed E-state index contributed by atoms with van der Waals surface area (Å²) in [4.78, 5) is 6.66. The largest absolute Gasteiger partial charge is 0.369 e. The number of hydrogen-bond acceptors (Lipinski definition) is 6. The second-order valence-corrected chi connectivity index (χ2v) is 8.21. The van der Waals surface area contributed by atoms with Crippen molar-refractivity contribution in [2.75, 3.05) is 37.3 Å². The Morgan fingerprint density at radius 2 is 2.00 bits per heavy atom. The van der Waals surface area contributed by atoms with Gasteiger partial charge in [-0.2, -0.15) is 4.31 Å². The molecule has 3 rings (SSSR count). The lowest BCUT2D eigenvalue weighted by atomic mass is 10.2. The van der Waals surface area contributed by atoms with Crippen LogP contribution in [0.4, 0.5) is 5.69 Å². The van der Waals surface area contributed by atoms with Crippen LogP contribution in [0.5, 0.6) is 0 Å². The molecule has 0 aliphatic carbocycles. The summed E-state index contributed by atoms with van der Waals surface area (Å²) < 4.78 is 25.7. The first-order valence-electron chi connectivity index (χ1n) is 6.77. The van der Waals surface area contributed by atoms with Crippen molar-refractivity contribution in [1.82, 2.24) is 9.29 Å². The van der Waals surface area contributed by atoms with Crippen LogP contribution in [0.3, 0.4) is 0 Å². The Morgan fingerprint density at radius 1 is 1.29 bits per heavy atom. The Balaban J connectivity index is 1.79. The van der Waals surface area contributed by atoms with Crippen molar-refractivity contribution >= 4 is 37.3 Å².